The summed E-state index contributed by atoms with van der Waals surface area (Å²) < 4.78 is 24.8. The number of nitrogens with zero attached hydrogens (tertiary/aromatic N) is 2. The lowest BCUT2D eigenvalue weighted by Crippen LogP contribution is -1.96. The standard InChI is InChI=1S/C19H15ClN2O2S/c1-3-12-22-13-18(14-4-8-16(20)9-5-14)19(21-22)15-6-10-17(11-7-15)25(2,23)24/h4-11,13H,1-2H3. The zero-order valence-corrected chi connectivity index (χ0v) is 15.3. The topological polar surface area (TPSA) is 52.0 Å². The monoisotopic (exact) mass is 370 g/mol. The molecule has 0 aliphatic heterocycles. The molecule has 2 aromatic carbocycles. The maximum atomic E-state index is 11.6. The van der Waals surface area contributed by atoms with Crippen molar-refractivity contribution < 1.29 is 8.42 Å². The van der Waals surface area contributed by atoms with Crippen molar-refractivity contribution in [2.75, 3.05) is 6.26 Å². The fraction of sp³-hybridized carbons (Fsp3) is 0.105. The normalized spacial score (nSPS) is 11.0. The van der Waals surface area contributed by atoms with Crippen LogP contribution in [-0.4, -0.2) is 24.5 Å². The molecule has 1 aromatic heterocycles. The summed E-state index contributed by atoms with van der Waals surface area (Å²) in [7, 11) is -3.23. The highest BCUT2D eigenvalue weighted by Gasteiger charge is 2.14. The van der Waals surface area contributed by atoms with Crippen molar-refractivity contribution in [3.8, 4) is 34.3 Å². The van der Waals surface area contributed by atoms with Crippen LogP contribution in [0.25, 0.3) is 22.4 Å². The van der Waals surface area contributed by atoms with E-state index in [1.807, 2.05) is 30.5 Å². The van der Waals surface area contributed by atoms with E-state index in [-0.39, 0.29) is 4.90 Å². The Labute approximate surface area is 152 Å². The van der Waals surface area contributed by atoms with Crippen LogP contribution < -0.4 is 0 Å². The highest BCUT2D eigenvalue weighted by Crippen LogP contribution is 2.32. The minimum atomic E-state index is -3.23. The highest BCUT2D eigenvalue weighted by atomic mass is 35.5. The number of hydrogen-bond acceptors (Lipinski definition) is 3. The molecule has 0 amide bonds. The van der Waals surface area contributed by atoms with Gasteiger partial charge in [-0.1, -0.05) is 41.8 Å². The van der Waals surface area contributed by atoms with Crippen LogP contribution in [0.3, 0.4) is 0 Å². The molecule has 6 heteroatoms. The molecule has 0 saturated heterocycles. The van der Waals surface area contributed by atoms with Crippen molar-refractivity contribution in [1.29, 1.82) is 0 Å². The highest BCUT2D eigenvalue weighted by molar-refractivity contribution is 7.90. The summed E-state index contributed by atoms with van der Waals surface area (Å²) in [6.45, 7) is 1.74. The molecular formula is C19H15ClN2O2S. The van der Waals surface area contributed by atoms with Crippen molar-refractivity contribution in [3.05, 3.63) is 59.8 Å². The third kappa shape index (κ3) is 3.76. The summed E-state index contributed by atoms with van der Waals surface area (Å²) in [4.78, 5) is 0.275. The molecule has 0 radical (unpaired) electrons. The lowest BCUT2D eigenvalue weighted by Gasteiger charge is -2.04. The lowest BCUT2D eigenvalue weighted by molar-refractivity contribution is 0.602. The third-order valence-corrected chi connectivity index (χ3v) is 5.03. The second-order valence-corrected chi connectivity index (χ2v) is 7.95. The Morgan fingerprint density at radius 1 is 1.00 bits per heavy atom. The first-order valence-corrected chi connectivity index (χ1v) is 9.74. The van der Waals surface area contributed by atoms with Gasteiger partial charge in [0.15, 0.2) is 9.84 Å². The van der Waals surface area contributed by atoms with Gasteiger partial charge in [0.05, 0.1) is 4.90 Å². The maximum Gasteiger partial charge on any atom is 0.175 e. The Balaban J connectivity index is 2.14. The summed E-state index contributed by atoms with van der Waals surface area (Å²) >= 11 is 5.97. The summed E-state index contributed by atoms with van der Waals surface area (Å²) in [5.74, 6) is 2.82. The van der Waals surface area contributed by atoms with Crippen LogP contribution in [0.4, 0.5) is 0 Å². The van der Waals surface area contributed by atoms with E-state index in [1.54, 1.807) is 35.9 Å². The van der Waals surface area contributed by atoms with Gasteiger partial charge in [-0.15, -0.1) is 0 Å². The van der Waals surface area contributed by atoms with Gasteiger partial charge < -0.3 is 0 Å². The van der Waals surface area contributed by atoms with Crippen LogP contribution in [0.1, 0.15) is 6.92 Å². The Morgan fingerprint density at radius 3 is 2.16 bits per heavy atom. The molecule has 3 rings (SSSR count). The minimum Gasteiger partial charge on any atom is -0.224 e. The molecule has 0 fully saturated rings. The zero-order valence-electron chi connectivity index (χ0n) is 13.7. The fourth-order valence-corrected chi connectivity index (χ4v) is 3.22. The molecule has 126 valence electrons. The largest absolute Gasteiger partial charge is 0.224 e. The molecule has 0 aliphatic carbocycles. The quantitative estimate of drug-likeness (QED) is 0.652. The van der Waals surface area contributed by atoms with Crippen molar-refractivity contribution in [2.24, 2.45) is 0 Å². The van der Waals surface area contributed by atoms with Crippen LogP contribution >= 0.6 is 11.6 Å². The van der Waals surface area contributed by atoms with Gasteiger partial charge in [-0.05, 0) is 36.8 Å². The molecule has 0 saturated carbocycles. The first-order chi connectivity index (χ1) is 11.9. The molecule has 25 heavy (non-hydrogen) atoms. The second kappa shape index (κ2) is 6.75. The van der Waals surface area contributed by atoms with Crippen LogP contribution in [0.2, 0.25) is 5.02 Å². The number of sulfone groups is 1. The molecule has 0 spiro atoms. The average Bonchev–Trinajstić information content (AvgIpc) is 2.99. The SMILES string of the molecule is CC#Cn1cc(-c2ccc(Cl)cc2)c(-c2ccc(S(C)(=O)=O)cc2)n1. The van der Waals surface area contributed by atoms with E-state index in [2.05, 4.69) is 17.1 Å². The van der Waals surface area contributed by atoms with Crippen molar-refractivity contribution in [2.45, 2.75) is 11.8 Å². The van der Waals surface area contributed by atoms with Gasteiger partial charge in [-0.2, -0.15) is 9.78 Å². The smallest absolute Gasteiger partial charge is 0.175 e. The second-order valence-electron chi connectivity index (χ2n) is 5.50. The van der Waals surface area contributed by atoms with Gasteiger partial charge >= 0.3 is 0 Å². The molecule has 0 atom stereocenters. The van der Waals surface area contributed by atoms with Gasteiger partial charge in [0.2, 0.25) is 0 Å². The Morgan fingerprint density at radius 2 is 1.60 bits per heavy atom. The van der Waals surface area contributed by atoms with E-state index in [0.29, 0.717) is 5.02 Å². The Kier molecular flexibility index (Phi) is 4.67. The number of hydrogen-bond donors (Lipinski definition) is 0. The van der Waals surface area contributed by atoms with E-state index in [1.165, 1.54) is 6.26 Å². The summed E-state index contributed by atoms with van der Waals surface area (Å²) in [5.41, 5.74) is 3.39. The van der Waals surface area contributed by atoms with E-state index in [4.69, 9.17) is 11.6 Å². The van der Waals surface area contributed by atoms with Crippen LogP contribution in [0.5, 0.6) is 0 Å². The van der Waals surface area contributed by atoms with Gasteiger partial charge in [0.25, 0.3) is 0 Å². The van der Waals surface area contributed by atoms with Crippen LogP contribution in [0, 0.1) is 12.0 Å². The van der Waals surface area contributed by atoms with Crippen LogP contribution in [0.15, 0.2) is 59.6 Å². The number of aromatic nitrogens is 2. The Bertz CT molecular complexity index is 1070. The molecule has 3 aromatic rings. The third-order valence-electron chi connectivity index (χ3n) is 3.65. The van der Waals surface area contributed by atoms with Crippen molar-refractivity contribution in [3.63, 3.8) is 0 Å². The molecule has 0 bridgehead atoms. The van der Waals surface area contributed by atoms with Gasteiger partial charge in [-0.25, -0.2) is 8.42 Å². The van der Waals surface area contributed by atoms with E-state index in [9.17, 15) is 8.42 Å². The maximum absolute atomic E-state index is 11.6. The van der Waals surface area contributed by atoms with Gasteiger partial charge in [-0.3, -0.25) is 0 Å². The van der Waals surface area contributed by atoms with E-state index in [0.717, 1.165) is 22.4 Å². The summed E-state index contributed by atoms with van der Waals surface area (Å²) in [5, 5.41) is 5.18. The first-order valence-electron chi connectivity index (χ1n) is 7.47. The summed E-state index contributed by atoms with van der Waals surface area (Å²) in [6.07, 6.45) is 3.03. The van der Waals surface area contributed by atoms with E-state index < -0.39 is 9.84 Å². The average molecular weight is 371 g/mol. The number of benzene rings is 2. The van der Waals surface area contributed by atoms with Crippen LogP contribution in [-0.2, 0) is 9.84 Å². The zero-order chi connectivity index (χ0) is 18.0. The van der Waals surface area contributed by atoms with Crippen molar-refractivity contribution >= 4 is 21.4 Å². The van der Waals surface area contributed by atoms with E-state index >= 15 is 0 Å². The molecule has 1 heterocycles. The predicted molar refractivity (Wildman–Crippen MR) is 100 cm³/mol. The first kappa shape index (κ1) is 17.3. The molecule has 0 unspecified atom stereocenters. The molecular weight excluding hydrogens is 356 g/mol. The van der Waals surface area contributed by atoms with Gasteiger partial charge in [0, 0.05) is 34.6 Å². The lowest BCUT2D eigenvalue weighted by atomic mass is 10.0. The minimum absolute atomic E-state index is 0.275. The molecule has 4 nitrogen and oxygen atoms in total. The van der Waals surface area contributed by atoms with Crippen molar-refractivity contribution in [1.82, 2.24) is 9.78 Å². The molecule has 0 aliphatic rings. The number of rotatable bonds is 3. The number of halogens is 1. The summed E-state index contributed by atoms with van der Waals surface area (Å²) in [6, 6.07) is 17.0. The Hall–Kier alpha value is -2.55. The predicted octanol–water partition coefficient (Wildman–Crippen LogP) is 4.10. The molecule has 0 N–H and O–H groups in total. The van der Waals surface area contributed by atoms with Gasteiger partial charge in [0.1, 0.15) is 5.69 Å². The fourth-order valence-electron chi connectivity index (χ4n) is 2.46.